The van der Waals surface area contributed by atoms with Gasteiger partial charge >= 0.3 is 0 Å². The van der Waals surface area contributed by atoms with E-state index in [1.807, 2.05) is 32.0 Å². The molecule has 130 valence electrons. The highest BCUT2D eigenvalue weighted by Crippen LogP contribution is 2.32. The van der Waals surface area contributed by atoms with Gasteiger partial charge < -0.3 is 20.1 Å². The molecule has 25 heavy (non-hydrogen) atoms. The van der Waals surface area contributed by atoms with E-state index in [1.165, 1.54) is 0 Å². The molecule has 6 nitrogen and oxygen atoms in total. The molecule has 0 aromatic heterocycles. The minimum atomic E-state index is -0.389. The largest absolute Gasteiger partial charge is 0.486 e. The lowest BCUT2D eigenvalue weighted by Gasteiger charge is -2.19. The molecule has 3 rings (SSSR count). The third-order valence-corrected chi connectivity index (χ3v) is 4.03. The number of rotatable bonds is 4. The Morgan fingerprint density at radius 1 is 0.960 bits per heavy atom. The number of aryl methyl sites for hydroxylation is 1. The molecule has 0 saturated carbocycles. The van der Waals surface area contributed by atoms with Crippen molar-refractivity contribution in [2.45, 2.75) is 20.3 Å². The Labute approximate surface area is 146 Å². The van der Waals surface area contributed by atoms with Crippen molar-refractivity contribution in [2.75, 3.05) is 23.8 Å². The molecule has 0 radical (unpaired) electrons. The van der Waals surface area contributed by atoms with Gasteiger partial charge in [0, 0.05) is 17.4 Å². The second-order valence-corrected chi connectivity index (χ2v) is 5.88. The van der Waals surface area contributed by atoms with E-state index < -0.39 is 0 Å². The van der Waals surface area contributed by atoms with E-state index >= 15 is 0 Å². The lowest BCUT2D eigenvalue weighted by Crippen LogP contribution is -2.22. The summed E-state index contributed by atoms with van der Waals surface area (Å²) in [4.78, 5) is 24.2. The Morgan fingerprint density at radius 2 is 1.68 bits per heavy atom. The van der Waals surface area contributed by atoms with Gasteiger partial charge in [-0.3, -0.25) is 9.59 Å². The number of hydrogen-bond donors (Lipinski definition) is 2. The van der Waals surface area contributed by atoms with Gasteiger partial charge in [-0.15, -0.1) is 0 Å². The van der Waals surface area contributed by atoms with E-state index in [4.69, 9.17) is 9.47 Å². The first kappa shape index (κ1) is 16.8. The highest BCUT2D eigenvalue weighted by atomic mass is 16.6. The van der Waals surface area contributed by atoms with E-state index in [0.717, 1.165) is 16.8 Å². The van der Waals surface area contributed by atoms with Crippen LogP contribution in [0.3, 0.4) is 0 Å². The van der Waals surface area contributed by atoms with Gasteiger partial charge in [0.05, 0.1) is 0 Å². The fourth-order valence-corrected chi connectivity index (χ4v) is 2.55. The highest BCUT2D eigenvalue weighted by Gasteiger charge is 2.15. The zero-order valence-electron chi connectivity index (χ0n) is 14.2. The Bertz CT molecular complexity index is 817. The molecule has 0 atom stereocenters. The zero-order chi connectivity index (χ0) is 17.8. The Balaban J connectivity index is 1.58. The summed E-state index contributed by atoms with van der Waals surface area (Å²) in [6.07, 6.45) is -0.262. The molecule has 1 aliphatic heterocycles. The first-order valence-electron chi connectivity index (χ1n) is 8.08. The summed E-state index contributed by atoms with van der Waals surface area (Å²) in [5.74, 6) is 0.490. The van der Waals surface area contributed by atoms with Crippen molar-refractivity contribution < 1.29 is 19.1 Å². The summed E-state index contributed by atoms with van der Waals surface area (Å²) in [5, 5.41) is 5.47. The fraction of sp³-hybridized carbons (Fsp3) is 0.263. The van der Waals surface area contributed by atoms with Crippen molar-refractivity contribution in [1.29, 1.82) is 0 Å². The van der Waals surface area contributed by atoms with Crippen LogP contribution >= 0.6 is 0 Å². The number of benzene rings is 2. The molecule has 1 heterocycles. The van der Waals surface area contributed by atoms with Crippen LogP contribution in [-0.2, 0) is 9.59 Å². The standard InChI is InChI=1S/C19H20N2O4/c1-12-4-3-5-15(13(12)2)21-19(23)11-18(22)20-14-6-7-16-17(10-14)25-9-8-24-16/h3-7,10H,8-9,11H2,1-2H3,(H,20,22)(H,21,23). The maximum absolute atomic E-state index is 12.1. The number of carbonyl (C=O) groups is 2. The Morgan fingerprint density at radius 3 is 2.48 bits per heavy atom. The van der Waals surface area contributed by atoms with Crippen LogP contribution in [0.25, 0.3) is 0 Å². The maximum Gasteiger partial charge on any atom is 0.233 e. The predicted molar refractivity (Wildman–Crippen MR) is 95.2 cm³/mol. The molecule has 2 aromatic carbocycles. The number of amides is 2. The molecule has 2 N–H and O–H groups in total. The normalized spacial score (nSPS) is 12.4. The quantitative estimate of drug-likeness (QED) is 0.839. The van der Waals surface area contributed by atoms with Crippen molar-refractivity contribution in [3.05, 3.63) is 47.5 Å². The number of carbonyl (C=O) groups excluding carboxylic acids is 2. The van der Waals surface area contributed by atoms with Crippen molar-refractivity contribution in [1.82, 2.24) is 0 Å². The lowest BCUT2D eigenvalue weighted by atomic mass is 10.1. The second-order valence-electron chi connectivity index (χ2n) is 5.88. The van der Waals surface area contributed by atoms with E-state index in [9.17, 15) is 9.59 Å². The molecule has 2 amide bonds. The van der Waals surface area contributed by atoms with Gasteiger partial charge in [0.1, 0.15) is 19.6 Å². The summed E-state index contributed by atoms with van der Waals surface area (Å²) in [6.45, 7) is 4.89. The molecule has 0 fully saturated rings. The van der Waals surface area contributed by atoms with Gasteiger partial charge in [-0.25, -0.2) is 0 Å². The third-order valence-electron chi connectivity index (χ3n) is 4.03. The minimum absolute atomic E-state index is 0.262. The van der Waals surface area contributed by atoms with Crippen molar-refractivity contribution >= 4 is 23.2 Å². The Kier molecular flexibility index (Phi) is 4.88. The van der Waals surface area contributed by atoms with Crippen LogP contribution in [0.1, 0.15) is 17.5 Å². The summed E-state index contributed by atoms with van der Waals surface area (Å²) < 4.78 is 10.9. The topological polar surface area (TPSA) is 76.7 Å². The van der Waals surface area contributed by atoms with Crippen molar-refractivity contribution in [2.24, 2.45) is 0 Å². The SMILES string of the molecule is Cc1cccc(NC(=O)CC(=O)Nc2ccc3c(c2)OCCO3)c1C. The maximum atomic E-state index is 12.1. The van der Waals surface area contributed by atoms with Gasteiger partial charge in [-0.05, 0) is 43.2 Å². The third kappa shape index (κ3) is 4.09. The van der Waals surface area contributed by atoms with Gasteiger partial charge in [-0.2, -0.15) is 0 Å². The lowest BCUT2D eigenvalue weighted by molar-refractivity contribution is -0.123. The Hall–Kier alpha value is -3.02. The van der Waals surface area contributed by atoms with Crippen LogP contribution in [0.2, 0.25) is 0 Å². The predicted octanol–water partition coefficient (Wildman–Crippen LogP) is 3.04. The van der Waals surface area contributed by atoms with Crippen molar-refractivity contribution in [3.8, 4) is 11.5 Å². The highest BCUT2D eigenvalue weighted by molar-refractivity contribution is 6.08. The molecule has 0 unspecified atom stereocenters. The van der Waals surface area contributed by atoms with Crippen LogP contribution in [0, 0.1) is 13.8 Å². The number of ether oxygens (including phenoxy) is 2. The summed E-state index contributed by atoms with van der Waals surface area (Å²) in [7, 11) is 0. The average molecular weight is 340 g/mol. The van der Waals surface area contributed by atoms with Gasteiger partial charge in [0.25, 0.3) is 0 Å². The van der Waals surface area contributed by atoms with Gasteiger partial charge in [-0.1, -0.05) is 12.1 Å². The smallest absolute Gasteiger partial charge is 0.233 e. The average Bonchev–Trinajstić information content (AvgIpc) is 2.58. The van der Waals surface area contributed by atoms with Crippen LogP contribution in [0.15, 0.2) is 36.4 Å². The van der Waals surface area contributed by atoms with E-state index in [0.29, 0.717) is 30.4 Å². The number of fused-ring (bicyclic) bond motifs is 1. The monoisotopic (exact) mass is 340 g/mol. The van der Waals surface area contributed by atoms with Crippen LogP contribution in [-0.4, -0.2) is 25.0 Å². The molecule has 2 aromatic rings. The molecular formula is C19H20N2O4. The van der Waals surface area contributed by atoms with E-state index in [-0.39, 0.29) is 18.2 Å². The van der Waals surface area contributed by atoms with E-state index in [2.05, 4.69) is 10.6 Å². The summed E-state index contributed by atoms with van der Waals surface area (Å²) in [5.41, 5.74) is 3.35. The minimum Gasteiger partial charge on any atom is -0.486 e. The summed E-state index contributed by atoms with van der Waals surface area (Å²) in [6, 6.07) is 10.8. The fourth-order valence-electron chi connectivity index (χ4n) is 2.55. The van der Waals surface area contributed by atoms with Crippen molar-refractivity contribution in [3.63, 3.8) is 0 Å². The van der Waals surface area contributed by atoms with Crippen LogP contribution < -0.4 is 20.1 Å². The van der Waals surface area contributed by atoms with Gasteiger partial charge in [0.15, 0.2) is 11.5 Å². The van der Waals surface area contributed by atoms with Crippen LogP contribution in [0.5, 0.6) is 11.5 Å². The molecule has 1 aliphatic rings. The first-order chi connectivity index (χ1) is 12.0. The van der Waals surface area contributed by atoms with E-state index in [1.54, 1.807) is 18.2 Å². The number of hydrogen-bond acceptors (Lipinski definition) is 4. The molecule has 0 aliphatic carbocycles. The van der Waals surface area contributed by atoms with Gasteiger partial charge in [0.2, 0.25) is 11.8 Å². The molecule has 6 heteroatoms. The molecule has 0 saturated heterocycles. The zero-order valence-corrected chi connectivity index (χ0v) is 14.2. The number of anilines is 2. The second kappa shape index (κ2) is 7.25. The molecule has 0 spiro atoms. The first-order valence-corrected chi connectivity index (χ1v) is 8.08. The molecule has 0 bridgehead atoms. The number of nitrogens with one attached hydrogen (secondary N) is 2. The molecular weight excluding hydrogens is 320 g/mol. The summed E-state index contributed by atoms with van der Waals surface area (Å²) >= 11 is 0. The van der Waals surface area contributed by atoms with Crippen LogP contribution in [0.4, 0.5) is 11.4 Å².